The molecule has 0 atom stereocenters. The van der Waals surface area contributed by atoms with Gasteiger partial charge in [0.15, 0.2) is 9.34 Å². The molecule has 0 unspecified atom stereocenters. The maximum absolute atomic E-state index is 12.4. The van der Waals surface area contributed by atoms with E-state index < -0.39 is 10.0 Å². The number of nitrogens with two attached hydrogens (primary N) is 1. The fraction of sp³-hybridized carbons (Fsp3) is 0.100. The van der Waals surface area contributed by atoms with Gasteiger partial charge in [-0.2, -0.15) is 0 Å². The number of halogens is 3. The third kappa shape index (κ3) is 3.35. The minimum absolute atomic E-state index is 0.108. The molecule has 5 nitrogen and oxygen atoms in total. The Morgan fingerprint density at radius 3 is 2.25 bits per heavy atom. The number of rotatable bonds is 3. The summed E-state index contributed by atoms with van der Waals surface area (Å²) < 4.78 is 29.4. The Bertz CT molecular complexity index is 751. The molecular weight excluding hydrogens is 498 g/mol. The lowest BCUT2D eigenvalue weighted by molar-refractivity contribution is 0.602. The number of nitrogens with zero attached hydrogens (tertiary/aromatic N) is 1. The first-order chi connectivity index (χ1) is 9.20. The molecule has 108 valence electrons. The van der Waals surface area contributed by atoms with Crippen LogP contribution in [0.1, 0.15) is 5.69 Å². The Balaban J connectivity index is 2.46. The maximum Gasteiger partial charge on any atom is 0.273 e. The van der Waals surface area contributed by atoms with Crippen LogP contribution in [0.5, 0.6) is 0 Å². The molecule has 1 aromatic carbocycles. The molecule has 3 N–H and O–H groups in total. The van der Waals surface area contributed by atoms with Crippen molar-refractivity contribution in [1.29, 1.82) is 0 Å². The Kier molecular flexibility index (Phi) is 4.80. The van der Waals surface area contributed by atoms with Crippen LogP contribution in [-0.4, -0.2) is 13.4 Å². The highest BCUT2D eigenvalue weighted by Gasteiger charge is 2.23. The zero-order valence-corrected chi connectivity index (χ0v) is 16.3. The molecule has 0 bridgehead atoms. The average molecular weight is 506 g/mol. The molecule has 0 amide bonds. The summed E-state index contributed by atoms with van der Waals surface area (Å²) in [5.41, 5.74) is 6.33. The number of thiazole rings is 1. The highest BCUT2D eigenvalue weighted by atomic mass is 79.9. The normalized spacial score (nSPS) is 11.6. The second kappa shape index (κ2) is 5.91. The molecular formula is C10H8Br3N3O2S2. The largest absolute Gasteiger partial charge is 0.375 e. The molecule has 1 heterocycles. The van der Waals surface area contributed by atoms with E-state index in [2.05, 4.69) is 57.5 Å². The van der Waals surface area contributed by atoms with E-state index in [0.29, 0.717) is 20.3 Å². The van der Waals surface area contributed by atoms with E-state index in [-0.39, 0.29) is 9.34 Å². The molecule has 0 fully saturated rings. The van der Waals surface area contributed by atoms with Gasteiger partial charge in [0.05, 0.1) is 11.4 Å². The SMILES string of the molecule is Cc1nc(N)sc1S(=O)(=O)Nc1c(Br)cc(Br)cc1Br. The van der Waals surface area contributed by atoms with E-state index >= 15 is 0 Å². The van der Waals surface area contributed by atoms with Gasteiger partial charge in [-0.15, -0.1) is 0 Å². The molecule has 0 aliphatic carbocycles. The van der Waals surface area contributed by atoms with Crippen LogP contribution in [0, 0.1) is 6.92 Å². The van der Waals surface area contributed by atoms with Crippen molar-refractivity contribution >= 4 is 80.0 Å². The Morgan fingerprint density at radius 1 is 1.25 bits per heavy atom. The van der Waals surface area contributed by atoms with Crippen LogP contribution in [-0.2, 0) is 10.0 Å². The highest BCUT2D eigenvalue weighted by Crippen LogP contribution is 2.36. The van der Waals surface area contributed by atoms with Crippen molar-refractivity contribution in [3.8, 4) is 0 Å². The maximum atomic E-state index is 12.4. The predicted molar refractivity (Wildman–Crippen MR) is 91.6 cm³/mol. The number of aryl methyl sites for hydroxylation is 1. The number of benzene rings is 1. The van der Waals surface area contributed by atoms with Gasteiger partial charge in [0.25, 0.3) is 10.0 Å². The van der Waals surface area contributed by atoms with Crippen LogP contribution in [0.15, 0.2) is 29.8 Å². The van der Waals surface area contributed by atoms with E-state index in [1.807, 2.05) is 0 Å². The fourth-order valence-corrected chi connectivity index (χ4v) is 6.59. The van der Waals surface area contributed by atoms with Crippen LogP contribution in [0.2, 0.25) is 0 Å². The number of hydrogen-bond donors (Lipinski definition) is 2. The Hall–Kier alpha value is -0.160. The first-order valence-corrected chi connectivity index (χ1v) is 9.79. The van der Waals surface area contributed by atoms with Gasteiger partial charge in [-0.25, -0.2) is 13.4 Å². The average Bonchev–Trinajstić information content (AvgIpc) is 2.64. The van der Waals surface area contributed by atoms with E-state index in [1.54, 1.807) is 19.1 Å². The lowest BCUT2D eigenvalue weighted by Gasteiger charge is -2.11. The van der Waals surface area contributed by atoms with Crippen LogP contribution in [0.25, 0.3) is 0 Å². The molecule has 20 heavy (non-hydrogen) atoms. The predicted octanol–water partition coefficient (Wildman–Crippen LogP) is 4.12. The van der Waals surface area contributed by atoms with Crippen molar-refractivity contribution in [2.75, 3.05) is 10.5 Å². The highest BCUT2D eigenvalue weighted by molar-refractivity contribution is 9.11. The number of anilines is 2. The first-order valence-electron chi connectivity index (χ1n) is 5.11. The molecule has 0 spiro atoms. The van der Waals surface area contributed by atoms with Crippen molar-refractivity contribution in [2.45, 2.75) is 11.1 Å². The molecule has 2 aromatic rings. The van der Waals surface area contributed by atoms with Gasteiger partial charge in [0, 0.05) is 13.4 Å². The Morgan fingerprint density at radius 2 is 1.80 bits per heavy atom. The van der Waals surface area contributed by atoms with Crippen LogP contribution < -0.4 is 10.5 Å². The van der Waals surface area contributed by atoms with Gasteiger partial charge >= 0.3 is 0 Å². The standard InChI is InChI=1S/C10H8Br3N3O2S2/c1-4-9(19-10(14)15-4)20(17,18)16-8-6(12)2-5(11)3-7(8)13/h2-3,16H,1H3,(H2,14,15). The summed E-state index contributed by atoms with van der Waals surface area (Å²) in [6.07, 6.45) is 0. The third-order valence-electron chi connectivity index (χ3n) is 2.26. The first kappa shape index (κ1) is 16.2. The van der Waals surface area contributed by atoms with Crippen molar-refractivity contribution < 1.29 is 8.42 Å². The number of sulfonamides is 1. The Labute approximate surface area is 145 Å². The van der Waals surface area contributed by atoms with Crippen LogP contribution in [0.4, 0.5) is 10.8 Å². The quantitative estimate of drug-likeness (QED) is 0.657. The van der Waals surface area contributed by atoms with Gasteiger partial charge in [0.2, 0.25) is 0 Å². The zero-order valence-electron chi connectivity index (χ0n) is 9.95. The summed E-state index contributed by atoms with van der Waals surface area (Å²) >= 11 is 10.9. The van der Waals surface area contributed by atoms with Gasteiger partial charge in [-0.05, 0) is 50.9 Å². The number of aromatic nitrogens is 1. The molecule has 2 rings (SSSR count). The van der Waals surface area contributed by atoms with Gasteiger partial charge < -0.3 is 5.73 Å². The molecule has 0 saturated heterocycles. The second-order valence-electron chi connectivity index (χ2n) is 3.77. The van der Waals surface area contributed by atoms with Crippen molar-refractivity contribution in [3.05, 3.63) is 31.2 Å². The monoisotopic (exact) mass is 503 g/mol. The minimum Gasteiger partial charge on any atom is -0.375 e. The van der Waals surface area contributed by atoms with Gasteiger partial charge in [-0.3, -0.25) is 4.72 Å². The number of nitrogen functional groups attached to an aromatic ring is 1. The number of hydrogen-bond acceptors (Lipinski definition) is 5. The van der Waals surface area contributed by atoms with Crippen molar-refractivity contribution in [1.82, 2.24) is 4.98 Å². The summed E-state index contributed by atoms with van der Waals surface area (Å²) in [6.45, 7) is 1.60. The number of nitrogens with one attached hydrogen (secondary N) is 1. The van der Waals surface area contributed by atoms with Crippen molar-refractivity contribution in [3.63, 3.8) is 0 Å². The fourth-order valence-electron chi connectivity index (χ4n) is 1.47. The zero-order chi connectivity index (χ0) is 15.1. The van der Waals surface area contributed by atoms with Gasteiger partial charge in [0.1, 0.15) is 0 Å². The van der Waals surface area contributed by atoms with Crippen molar-refractivity contribution in [2.24, 2.45) is 0 Å². The molecule has 0 radical (unpaired) electrons. The minimum atomic E-state index is -3.73. The summed E-state index contributed by atoms with van der Waals surface area (Å²) in [7, 11) is -3.73. The third-order valence-corrected chi connectivity index (χ3v) is 6.91. The van der Waals surface area contributed by atoms with E-state index in [4.69, 9.17) is 5.73 Å². The van der Waals surface area contributed by atoms with Gasteiger partial charge in [-0.1, -0.05) is 27.3 Å². The summed E-state index contributed by atoms with van der Waals surface area (Å²) in [6, 6.07) is 3.49. The van der Waals surface area contributed by atoms with E-state index in [9.17, 15) is 8.42 Å². The summed E-state index contributed by atoms with van der Waals surface area (Å²) in [5, 5.41) is 0.219. The lowest BCUT2D eigenvalue weighted by Crippen LogP contribution is -2.13. The van der Waals surface area contributed by atoms with E-state index in [1.165, 1.54) is 0 Å². The van der Waals surface area contributed by atoms with E-state index in [0.717, 1.165) is 15.8 Å². The lowest BCUT2D eigenvalue weighted by atomic mass is 10.3. The topological polar surface area (TPSA) is 85.1 Å². The second-order valence-corrected chi connectivity index (χ2v) is 9.31. The summed E-state index contributed by atoms with van der Waals surface area (Å²) in [5.74, 6) is 0. The molecule has 10 heteroatoms. The molecule has 1 aromatic heterocycles. The van der Waals surface area contributed by atoms with Crippen LogP contribution >= 0.6 is 59.1 Å². The van der Waals surface area contributed by atoms with Crippen LogP contribution in [0.3, 0.4) is 0 Å². The molecule has 0 aliphatic heterocycles. The summed E-state index contributed by atoms with van der Waals surface area (Å²) in [4.78, 5) is 3.92. The molecule has 0 saturated carbocycles. The molecule has 0 aliphatic rings. The smallest absolute Gasteiger partial charge is 0.273 e.